The zero-order valence-electron chi connectivity index (χ0n) is 24.5. The zero-order chi connectivity index (χ0) is 31.3. The van der Waals surface area contributed by atoms with Crippen LogP contribution in [0.15, 0.2) is 77.7 Å². The van der Waals surface area contributed by atoms with Crippen molar-refractivity contribution in [3.63, 3.8) is 0 Å². The molecule has 9 nitrogen and oxygen atoms in total. The molecule has 1 amide bonds. The number of carbonyl (C=O) groups is 3. The predicted molar refractivity (Wildman–Crippen MR) is 166 cm³/mol. The van der Waals surface area contributed by atoms with Gasteiger partial charge in [0.15, 0.2) is 6.29 Å². The van der Waals surface area contributed by atoms with E-state index in [1.807, 2.05) is 48.5 Å². The number of hydrogen-bond donors (Lipinski definition) is 4. The predicted octanol–water partition coefficient (Wildman–Crippen LogP) is 6.26. The van der Waals surface area contributed by atoms with Crippen molar-refractivity contribution in [3.05, 3.63) is 101 Å². The molecule has 44 heavy (non-hydrogen) atoms. The summed E-state index contributed by atoms with van der Waals surface area (Å²) >= 11 is 1.60. The van der Waals surface area contributed by atoms with Crippen LogP contribution in [0.5, 0.6) is 0 Å². The van der Waals surface area contributed by atoms with E-state index in [0.717, 1.165) is 46.4 Å². The van der Waals surface area contributed by atoms with Gasteiger partial charge in [-0.1, -0.05) is 61.4 Å². The molecular formula is C34H39NO8S. The number of unbranched alkanes of at least 4 members (excludes halogenated alkanes) is 3. The van der Waals surface area contributed by atoms with Crippen LogP contribution in [0.25, 0.3) is 0 Å². The van der Waals surface area contributed by atoms with Gasteiger partial charge < -0.3 is 30.1 Å². The smallest absolute Gasteiger partial charge is 0.335 e. The second-order valence-electron chi connectivity index (χ2n) is 10.8. The van der Waals surface area contributed by atoms with Crippen molar-refractivity contribution in [3.8, 4) is 0 Å². The summed E-state index contributed by atoms with van der Waals surface area (Å²) in [7, 11) is 0. The van der Waals surface area contributed by atoms with Crippen LogP contribution in [0.1, 0.15) is 90.0 Å². The molecule has 4 N–H and O–H groups in total. The quantitative estimate of drug-likeness (QED) is 0.108. The Morgan fingerprint density at radius 3 is 2.05 bits per heavy atom. The zero-order valence-corrected chi connectivity index (χ0v) is 25.3. The fourth-order valence-electron chi connectivity index (χ4n) is 4.90. The van der Waals surface area contributed by atoms with Crippen molar-refractivity contribution in [1.82, 2.24) is 5.32 Å². The van der Waals surface area contributed by atoms with Crippen LogP contribution in [0.2, 0.25) is 0 Å². The third-order valence-corrected chi connectivity index (χ3v) is 8.58. The highest BCUT2D eigenvalue weighted by Crippen LogP contribution is 2.39. The van der Waals surface area contributed by atoms with E-state index >= 15 is 0 Å². The number of benzene rings is 3. The second-order valence-corrected chi connectivity index (χ2v) is 11.9. The summed E-state index contributed by atoms with van der Waals surface area (Å²) in [4.78, 5) is 35.0. The van der Waals surface area contributed by atoms with E-state index in [2.05, 4.69) is 5.32 Å². The molecule has 1 aliphatic heterocycles. The molecule has 0 saturated carbocycles. The van der Waals surface area contributed by atoms with Gasteiger partial charge in [-0.2, -0.15) is 0 Å². The number of nitrogens with one attached hydrogen (secondary N) is 1. The number of carboxylic acids is 2. The van der Waals surface area contributed by atoms with Crippen molar-refractivity contribution in [1.29, 1.82) is 0 Å². The molecule has 3 atom stereocenters. The first-order chi connectivity index (χ1) is 21.3. The van der Waals surface area contributed by atoms with Crippen LogP contribution in [-0.4, -0.2) is 45.0 Å². The molecule has 3 aromatic carbocycles. The summed E-state index contributed by atoms with van der Waals surface area (Å²) in [6, 6.07) is 22.3. The maximum absolute atomic E-state index is 12.2. The summed E-state index contributed by atoms with van der Waals surface area (Å²) in [5.41, 5.74) is 3.88. The van der Waals surface area contributed by atoms with Gasteiger partial charge in [-0.05, 0) is 53.8 Å². The Bertz CT molecular complexity index is 1360. The van der Waals surface area contributed by atoms with E-state index in [1.54, 1.807) is 36.0 Å². The number of ether oxygens (including phenoxy) is 2. The minimum absolute atomic E-state index is 0.0285. The van der Waals surface area contributed by atoms with Crippen LogP contribution < -0.4 is 5.32 Å². The van der Waals surface area contributed by atoms with Gasteiger partial charge in [0.25, 0.3) is 0 Å². The highest BCUT2D eigenvalue weighted by Gasteiger charge is 2.32. The number of carboxylic acid groups (broad SMARTS) is 2. The van der Waals surface area contributed by atoms with Gasteiger partial charge in [-0.15, -0.1) is 11.8 Å². The molecule has 1 heterocycles. The first-order valence-corrected chi connectivity index (χ1v) is 15.8. The topological polar surface area (TPSA) is 142 Å². The average Bonchev–Trinajstić information content (AvgIpc) is 3.04. The largest absolute Gasteiger partial charge is 0.481 e. The Morgan fingerprint density at radius 1 is 0.773 bits per heavy atom. The highest BCUT2D eigenvalue weighted by atomic mass is 32.2. The van der Waals surface area contributed by atoms with Gasteiger partial charge in [0, 0.05) is 42.0 Å². The average molecular weight is 622 g/mol. The molecule has 1 aliphatic rings. The Balaban J connectivity index is 1.34. The molecule has 1 fully saturated rings. The number of aliphatic hydroxyl groups is 1. The lowest BCUT2D eigenvalue weighted by Gasteiger charge is -2.36. The number of thioether (sulfide) groups is 1. The summed E-state index contributed by atoms with van der Waals surface area (Å²) < 4.78 is 12.8. The van der Waals surface area contributed by atoms with E-state index in [0.29, 0.717) is 31.6 Å². The molecule has 0 bridgehead atoms. The number of carbonyl (C=O) groups excluding carboxylic acids is 1. The fraction of sp³-hybridized carbons (Fsp3) is 0.382. The minimum Gasteiger partial charge on any atom is -0.481 e. The third-order valence-electron chi connectivity index (χ3n) is 7.44. The standard InChI is InChI=1S/C34H39NO8S/c36-21-24-9-11-25(12-10-24)30-19-28(22-44-29-17-15-26(16-18-29)33(40)41)42-34(43-30)27-13-7-23(8-14-27)20-35-31(37)5-3-1-2-4-6-32(38)39/h7-18,28,30,34,36H,1-6,19-22H2,(H,35,37)(H,38,39)(H,40,41)/t28-,30+,34+/m1/s1. The molecule has 10 heteroatoms. The van der Waals surface area contributed by atoms with Crippen molar-refractivity contribution in [2.24, 2.45) is 0 Å². The summed E-state index contributed by atoms with van der Waals surface area (Å²) in [6.07, 6.45) is 3.28. The molecule has 4 rings (SSSR count). The molecule has 0 aromatic heterocycles. The van der Waals surface area contributed by atoms with Crippen LogP contribution in [0.4, 0.5) is 0 Å². The third kappa shape index (κ3) is 10.5. The first-order valence-electron chi connectivity index (χ1n) is 14.8. The number of rotatable bonds is 16. The molecular weight excluding hydrogens is 582 g/mol. The maximum atomic E-state index is 12.2. The molecule has 0 aliphatic carbocycles. The highest BCUT2D eigenvalue weighted by molar-refractivity contribution is 7.99. The second kappa shape index (κ2) is 17.0. The number of hydrogen-bond acceptors (Lipinski definition) is 7. The molecule has 1 saturated heterocycles. The van der Waals surface area contributed by atoms with Gasteiger partial charge in [0.1, 0.15) is 0 Å². The normalized spacial score (nSPS) is 18.1. The molecule has 0 unspecified atom stereocenters. The van der Waals surface area contributed by atoms with Crippen LogP contribution in [0, 0.1) is 0 Å². The van der Waals surface area contributed by atoms with Gasteiger partial charge in [-0.25, -0.2) is 4.79 Å². The van der Waals surface area contributed by atoms with Gasteiger partial charge in [-0.3, -0.25) is 9.59 Å². The number of amides is 1. The minimum atomic E-state index is -0.956. The molecule has 0 spiro atoms. The van der Waals surface area contributed by atoms with Crippen LogP contribution >= 0.6 is 11.8 Å². The van der Waals surface area contributed by atoms with E-state index in [1.165, 1.54) is 0 Å². The van der Waals surface area contributed by atoms with E-state index in [4.69, 9.17) is 19.7 Å². The van der Waals surface area contributed by atoms with Crippen molar-refractivity contribution in [2.45, 2.75) is 81.5 Å². The maximum Gasteiger partial charge on any atom is 0.335 e. The number of aromatic carboxylic acids is 1. The monoisotopic (exact) mass is 621 g/mol. The van der Waals surface area contributed by atoms with Crippen molar-refractivity contribution in [2.75, 3.05) is 5.75 Å². The summed E-state index contributed by atoms with van der Waals surface area (Å²) in [5, 5.41) is 30.3. The van der Waals surface area contributed by atoms with E-state index in [-0.39, 0.29) is 36.7 Å². The lowest BCUT2D eigenvalue weighted by atomic mass is 10.0. The van der Waals surface area contributed by atoms with Crippen molar-refractivity contribution >= 4 is 29.6 Å². The first kappa shape index (κ1) is 33.2. The van der Waals surface area contributed by atoms with E-state index < -0.39 is 18.2 Å². The molecule has 3 aromatic rings. The molecule has 0 radical (unpaired) electrons. The molecule has 234 valence electrons. The summed E-state index contributed by atoms with van der Waals surface area (Å²) in [6.45, 7) is 0.378. The van der Waals surface area contributed by atoms with Gasteiger partial charge >= 0.3 is 11.9 Å². The van der Waals surface area contributed by atoms with Gasteiger partial charge in [0.05, 0.1) is 24.4 Å². The Labute approximate surface area is 261 Å². The van der Waals surface area contributed by atoms with Crippen molar-refractivity contribution < 1.29 is 39.2 Å². The van der Waals surface area contributed by atoms with Crippen LogP contribution in [-0.2, 0) is 32.2 Å². The fourth-order valence-corrected chi connectivity index (χ4v) is 5.82. The van der Waals surface area contributed by atoms with Gasteiger partial charge in [0.2, 0.25) is 5.91 Å². The Kier molecular flexibility index (Phi) is 12.8. The Hall–Kier alpha value is -3.70. The number of aliphatic carboxylic acids is 1. The number of aliphatic hydroxyl groups excluding tert-OH is 1. The lowest BCUT2D eigenvalue weighted by Crippen LogP contribution is -2.31. The SMILES string of the molecule is O=C(O)CCCCCCC(=O)NCc1ccc([C@H]2O[C@@H](CSc3ccc(C(=O)O)cc3)C[C@@H](c3ccc(CO)cc3)O2)cc1. The van der Waals surface area contributed by atoms with E-state index in [9.17, 15) is 19.5 Å². The van der Waals surface area contributed by atoms with Crippen LogP contribution in [0.3, 0.4) is 0 Å². The Morgan fingerprint density at radius 2 is 1.41 bits per heavy atom. The lowest BCUT2D eigenvalue weighted by molar-refractivity contribution is -0.245. The summed E-state index contributed by atoms with van der Waals surface area (Å²) in [5.74, 6) is -1.12.